The fraction of sp³-hybridized carbons (Fsp3) is 0.650. The first-order valence-electron chi connectivity index (χ1n) is 9.51. The van der Waals surface area contributed by atoms with Gasteiger partial charge in [-0.3, -0.25) is 0 Å². The van der Waals surface area contributed by atoms with Gasteiger partial charge in [-0.15, -0.1) is 0 Å². The highest BCUT2D eigenvalue weighted by Gasteiger charge is 2.27. The topological polar surface area (TPSA) is 50.8 Å². The molecule has 0 spiro atoms. The number of hydrogen-bond acceptors (Lipinski definition) is 3. The summed E-state index contributed by atoms with van der Waals surface area (Å²) in [6.07, 6.45) is 4.12. The molecule has 0 aliphatic carbocycles. The van der Waals surface area contributed by atoms with Crippen LogP contribution in [0.3, 0.4) is 0 Å². The van der Waals surface area contributed by atoms with Crippen molar-refractivity contribution in [3.63, 3.8) is 0 Å². The maximum absolute atomic E-state index is 12.6. The van der Waals surface area contributed by atoms with E-state index in [1.165, 1.54) is 5.56 Å². The summed E-state index contributed by atoms with van der Waals surface area (Å²) in [5, 5.41) is 3.19. The summed E-state index contributed by atoms with van der Waals surface area (Å²) in [5.41, 5.74) is 1.32. The number of carbonyl (C=O) groups excluding carboxylic acids is 1. The highest BCUT2D eigenvalue weighted by Crippen LogP contribution is 2.19. The van der Waals surface area contributed by atoms with Gasteiger partial charge >= 0.3 is 6.03 Å². The first-order valence-corrected chi connectivity index (χ1v) is 9.51. The van der Waals surface area contributed by atoms with Crippen molar-refractivity contribution in [1.29, 1.82) is 0 Å². The number of carbonyl (C=O) groups is 1. The van der Waals surface area contributed by atoms with E-state index >= 15 is 0 Å². The molecule has 1 aromatic carbocycles. The van der Waals surface area contributed by atoms with E-state index in [4.69, 9.17) is 9.47 Å². The molecule has 3 rings (SSSR count). The molecule has 2 fully saturated rings. The van der Waals surface area contributed by atoms with Crippen molar-refractivity contribution in [1.82, 2.24) is 10.2 Å². The minimum Gasteiger partial charge on any atom is -0.381 e. The van der Waals surface area contributed by atoms with Gasteiger partial charge in [-0.05, 0) is 44.1 Å². The summed E-state index contributed by atoms with van der Waals surface area (Å²) >= 11 is 0. The summed E-state index contributed by atoms with van der Waals surface area (Å²) in [7, 11) is 0. The Morgan fingerprint density at radius 2 is 2.00 bits per heavy atom. The van der Waals surface area contributed by atoms with E-state index in [1.807, 2.05) is 11.0 Å². The molecule has 0 saturated carbocycles. The van der Waals surface area contributed by atoms with E-state index in [0.717, 1.165) is 38.9 Å². The van der Waals surface area contributed by atoms with Gasteiger partial charge in [-0.1, -0.05) is 30.3 Å². The molecule has 25 heavy (non-hydrogen) atoms. The zero-order valence-electron chi connectivity index (χ0n) is 15.2. The lowest BCUT2D eigenvalue weighted by molar-refractivity contribution is -0.0185. The molecular formula is C20H30N2O3. The number of ether oxygens (including phenoxy) is 2. The number of nitrogens with zero attached hydrogens (tertiary/aromatic N) is 1. The number of nitrogens with one attached hydrogen (secondary N) is 1. The average molecular weight is 346 g/mol. The van der Waals surface area contributed by atoms with Crippen molar-refractivity contribution in [3.8, 4) is 0 Å². The van der Waals surface area contributed by atoms with Crippen LogP contribution in [0, 0.1) is 5.92 Å². The van der Waals surface area contributed by atoms with Crippen molar-refractivity contribution in [3.05, 3.63) is 35.9 Å². The molecule has 0 radical (unpaired) electrons. The molecule has 2 atom stereocenters. The van der Waals surface area contributed by atoms with Crippen LogP contribution in [0.4, 0.5) is 4.79 Å². The molecule has 2 unspecified atom stereocenters. The molecule has 5 heteroatoms. The van der Waals surface area contributed by atoms with Gasteiger partial charge in [-0.2, -0.15) is 0 Å². The van der Waals surface area contributed by atoms with Crippen LogP contribution in [0.2, 0.25) is 0 Å². The highest BCUT2D eigenvalue weighted by atomic mass is 16.5. The van der Waals surface area contributed by atoms with E-state index in [-0.39, 0.29) is 18.2 Å². The smallest absolute Gasteiger partial charge is 0.317 e. The van der Waals surface area contributed by atoms with E-state index in [0.29, 0.717) is 25.6 Å². The second-order valence-electron chi connectivity index (χ2n) is 7.15. The van der Waals surface area contributed by atoms with Crippen LogP contribution in [-0.4, -0.2) is 56.0 Å². The zero-order valence-corrected chi connectivity index (χ0v) is 15.2. The Balaban J connectivity index is 1.44. The second kappa shape index (κ2) is 9.20. The maximum atomic E-state index is 12.6. The van der Waals surface area contributed by atoms with Crippen LogP contribution < -0.4 is 5.32 Å². The summed E-state index contributed by atoms with van der Waals surface area (Å²) in [6.45, 7) is 5.71. The molecule has 1 N–H and O–H groups in total. The van der Waals surface area contributed by atoms with Gasteiger partial charge in [0.25, 0.3) is 0 Å². The van der Waals surface area contributed by atoms with E-state index < -0.39 is 0 Å². The highest BCUT2D eigenvalue weighted by molar-refractivity contribution is 5.74. The fourth-order valence-electron chi connectivity index (χ4n) is 3.67. The Hall–Kier alpha value is -1.59. The van der Waals surface area contributed by atoms with Crippen LogP contribution in [-0.2, 0) is 15.9 Å². The van der Waals surface area contributed by atoms with Crippen molar-refractivity contribution in [2.75, 3.05) is 32.9 Å². The Kier molecular flexibility index (Phi) is 6.70. The van der Waals surface area contributed by atoms with Gasteiger partial charge in [0.15, 0.2) is 0 Å². The Morgan fingerprint density at radius 1 is 1.24 bits per heavy atom. The van der Waals surface area contributed by atoms with E-state index in [2.05, 4.69) is 36.5 Å². The Morgan fingerprint density at radius 3 is 2.76 bits per heavy atom. The summed E-state index contributed by atoms with van der Waals surface area (Å²) < 4.78 is 11.3. The molecule has 0 aromatic heterocycles. The van der Waals surface area contributed by atoms with Gasteiger partial charge in [-0.25, -0.2) is 4.79 Å². The van der Waals surface area contributed by atoms with Crippen molar-refractivity contribution >= 4 is 6.03 Å². The maximum Gasteiger partial charge on any atom is 0.317 e. The van der Waals surface area contributed by atoms with Crippen molar-refractivity contribution in [2.45, 2.75) is 44.8 Å². The predicted octanol–water partition coefficient (Wildman–Crippen LogP) is 2.84. The standard InChI is InChI=1S/C20H30N2O3/c1-16(18-9-12-24-13-10-18)21-20(23)22-11-14-25-19(15-22)8-7-17-5-3-2-4-6-17/h2-6,16,18-19H,7-15H2,1H3,(H,21,23). The van der Waals surface area contributed by atoms with Gasteiger partial charge in [0.1, 0.15) is 0 Å². The van der Waals surface area contributed by atoms with Gasteiger partial charge < -0.3 is 19.7 Å². The second-order valence-corrected chi connectivity index (χ2v) is 7.15. The molecule has 2 heterocycles. The van der Waals surface area contributed by atoms with Crippen molar-refractivity contribution in [2.24, 2.45) is 5.92 Å². The van der Waals surface area contributed by atoms with E-state index in [1.54, 1.807) is 0 Å². The van der Waals surface area contributed by atoms with Crippen LogP contribution in [0.25, 0.3) is 0 Å². The lowest BCUT2D eigenvalue weighted by atomic mass is 9.93. The molecule has 138 valence electrons. The van der Waals surface area contributed by atoms with E-state index in [9.17, 15) is 4.79 Å². The van der Waals surface area contributed by atoms with Gasteiger partial charge in [0.05, 0.1) is 12.7 Å². The first kappa shape index (κ1) is 18.2. The largest absolute Gasteiger partial charge is 0.381 e. The molecule has 1 aromatic rings. The third-order valence-corrected chi connectivity index (χ3v) is 5.35. The lowest BCUT2D eigenvalue weighted by Crippen LogP contribution is -2.52. The molecule has 5 nitrogen and oxygen atoms in total. The third-order valence-electron chi connectivity index (χ3n) is 5.35. The third kappa shape index (κ3) is 5.44. The minimum atomic E-state index is 0.0482. The normalized spacial score (nSPS) is 23.2. The minimum absolute atomic E-state index is 0.0482. The first-order chi connectivity index (χ1) is 12.2. The monoisotopic (exact) mass is 346 g/mol. The molecule has 2 saturated heterocycles. The molecule has 2 aliphatic rings. The predicted molar refractivity (Wildman–Crippen MR) is 97.6 cm³/mol. The Labute approximate surface area is 150 Å². The summed E-state index contributed by atoms with van der Waals surface area (Å²) in [6, 6.07) is 10.7. The van der Waals surface area contributed by atoms with Crippen LogP contribution in [0.15, 0.2) is 30.3 Å². The summed E-state index contributed by atoms with van der Waals surface area (Å²) in [4.78, 5) is 14.5. The summed E-state index contributed by atoms with van der Waals surface area (Å²) in [5.74, 6) is 0.521. The Bertz CT molecular complexity index is 531. The van der Waals surface area contributed by atoms with Crippen LogP contribution in [0.5, 0.6) is 0 Å². The van der Waals surface area contributed by atoms with Crippen LogP contribution >= 0.6 is 0 Å². The fourth-order valence-corrected chi connectivity index (χ4v) is 3.67. The number of aryl methyl sites for hydroxylation is 1. The van der Waals surface area contributed by atoms with Gasteiger partial charge in [0, 0.05) is 32.3 Å². The molecule has 0 bridgehead atoms. The molecule has 2 aliphatic heterocycles. The number of amides is 2. The number of benzene rings is 1. The van der Waals surface area contributed by atoms with Crippen molar-refractivity contribution < 1.29 is 14.3 Å². The van der Waals surface area contributed by atoms with Gasteiger partial charge in [0.2, 0.25) is 0 Å². The quantitative estimate of drug-likeness (QED) is 0.892. The number of urea groups is 1. The average Bonchev–Trinajstić information content (AvgIpc) is 2.68. The number of rotatable bonds is 5. The number of morpholine rings is 1. The lowest BCUT2D eigenvalue weighted by Gasteiger charge is -2.35. The molecular weight excluding hydrogens is 316 g/mol. The van der Waals surface area contributed by atoms with Crippen LogP contribution in [0.1, 0.15) is 31.7 Å². The SMILES string of the molecule is CC(NC(=O)N1CCOC(CCc2ccccc2)C1)C1CCOCC1. The molecule has 2 amide bonds. The number of hydrogen-bond donors (Lipinski definition) is 1. The zero-order chi connectivity index (χ0) is 17.5.